The second-order valence-corrected chi connectivity index (χ2v) is 5.03. The van der Waals surface area contributed by atoms with Crippen molar-refractivity contribution in [2.45, 2.75) is 13.3 Å². The number of aromatic nitrogens is 1. The van der Waals surface area contributed by atoms with Gasteiger partial charge in [-0.15, -0.1) is 0 Å². The van der Waals surface area contributed by atoms with Crippen LogP contribution in [0.15, 0.2) is 22.8 Å². The molecule has 1 aromatic carbocycles. The molecule has 0 fully saturated rings. The molecule has 0 aliphatic carbocycles. The quantitative estimate of drug-likeness (QED) is 0.777. The van der Waals surface area contributed by atoms with Crippen LogP contribution in [0.5, 0.6) is 5.75 Å². The van der Waals surface area contributed by atoms with Gasteiger partial charge in [0.25, 0.3) is 0 Å². The average molecular weight is 268 g/mol. The van der Waals surface area contributed by atoms with E-state index in [1.165, 1.54) is 10.5 Å². The Bertz CT molecular complexity index is 564. The van der Waals surface area contributed by atoms with E-state index < -0.39 is 0 Å². The molecule has 78 valence electrons. The van der Waals surface area contributed by atoms with E-state index in [9.17, 15) is 0 Å². The van der Waals surface area contributed by atoms with Crippen LogP contribution in [-0.2, 0) is 6.42 Å². The zero-order chi connectivity index (χ0) is 11.3. The highest BCUT2D eigenvalue weighted by Crippen LogP contribution is 2.38. The molecule has 1 aliphatic rings. The Morgan fingerprint density at radius 1 is 1.60 bits per heavy atom. The van der Waals surface area contributed by atoms with Gasteiger partial charge in [-0.1, -0.05) is 6.92 Å². The minimum Gasteiger partial charge on any atom is -0.491 e. The summed E-state index contributed by atoms with van der Waals surface area (Å²) in [6.07, 6.45) is 2.87. The molecular weight excluding hydrogens is 254 g/mol. The number of ether oxygens (including phenoxy) is 1. The fraction of sp³-hybridized carbons (Fsp3) is 0.333. The van der Waals surface area contributed by atoms with Gasteiger partial charge in [0.2, 0.25) is 0 Å². The Morgan fingerprint density at radius 2 is 2.47 bits per heavy atom. The standard InChI is InChI=1S/C12H12BrNO/c1-7-4-8-5-14-10-3-2-9(13)12(11(8)10)15-6-7/h2-3,5,7,14H,4,6H2,1H3/i/hT. The second-order valence-electron chi connectivity index (χ2n) is 4.17. The fourth-order valence-electron chi connectivity index (χ4n) is 2.13. The molecule has 0 amide bonds. The molecule has 2 aromatic rings. The van der Waals surface area contributed by atoms with Crippen molar-refractivity contribution in [3.8, 4) is 5.75 Å². The van der Waals surface area contributed by atoms with E-state index in [0.29, 0.717) is 5.92 Å². The summed E-state index contributed by atoms with van der Waals surface area (Å²) in [5.41, 5.74) is 2.13. The van der Waals surface area contributed by atoms with E-state index in [-0.39, 0.29) is 0 Å². The minimum absolute atomic E-state index is 0.491. The van der Waals surface area contributed by atoms with E-state index in [1.54, 1.807) is 0 Å². The van der Waals surface area contributed by atoms with Gasteiger partial charge in [0, 0.05) is 17.1 Å². The lowest BCUT2D eigenvalue weighted by atomic mass is 10.0. The van der Waals surface area contributed by atoms with Crippen LogP contribution >= 0.6 is 15.9 Å². The van der Waals surface area contributed by atoms with Gasteiger partial charge in [-0.3, -0.25) is 0 Å². The van der Waals surface area contributed by atoms with Gasteiger partial charge in [0.15, 0.2) is 1.41 Å². The maximum Gasteiger partial charge on any atom is 0.166 e. The van der Waals surface area contributed by atoms with Crippen molar-refractivity contribution in [1.29, 1.82) is 0 Å². The van der Waals surface area contributed by atoms with Gasteiger partial charge in [0.1, 0.15) is 5.75 Å². The maximum atomic E-state index is 7.87. The highest BCUT2D eigenvalue weighted by atomic mass is 79.9. The van der Waals surface area contributed by atoms with Crippen LogP contribution in [0.2, 0.25) is 1.41 Å². The van der Waals surface area contributed by atoms with Gasteiger partial charge >= 0.3 is 0 Å². The third-order valence-electron chi connectivity index (χ3n) is 2.85. The number of halogens is 1. The van der Waals surface area contributed by atoms with E-state index >= 15 is 0 Å². The highest BCUT2D eigenvalue weighted by molar-refractivity contribution is 9.10. The number of hydrogen-bond acceptors (Lipinski definition) is 1. The summed E-state index contributed by atoms with van der Waals surface area (Å²) in [5, 5.41) is 1.09. The zero-order valence-electron chi connectivity index (χ0n) is 9.46. The lowest BCUT2D eigenvalue weighted by molar-refractivity contribution is 0.266. The lowest BCUT2D eigenvalue weighted by Crippen LogP contribution is -2.08. The van der Waals surface area contributed by atoms with E-state index in [0.717, 1.165) is 34.2 Å². The Hall–Kier alpha value is -0.960. The normalized spacial score (nSPS) is 20.9. The van der Waals surface area contributed by atoms with Crippen LogP contribution < -0.4 is 4.74 Å². The number of aromatic amines is 1. The van der Waals surface area contributed by atoms with Crippen molar-refractivity contribution in [3.63, 3.8) is 0 Å². The van der Waals surface area contributed by atoms with Gasteiger partial charge in [-0.2, -0.15) is 0 Å². The van der Waals surface area contributed by atoms with Crippen molar-refractivity contribution in [2.75, 3.05) is 6.61 Å². The number of benzene rings is 1. The molecule has 2 heterocycles. The van der Waals surface area contributed by atoms with Gasteiger partial charge in [0.05, 0.1) is 11.1 Å². The molecule has 1 aliphatic heterocycles. The molecule has 0 saturated carbocycles. The molecule has 3 rings (SSSR count). The molecule has 0 bridgehead atoms. The lowest BCUT2D eigenvalue weighted by Gasteiger charge is -2.09. The molecule has 2 nitrogen and oxygen atoms in total. The topological polar surface area (TPSA) is 25.0 Å². The monoisotopic (exact) mass is 267 g/mol. The highest BCUT2D eigenvalue weighted by Gasteiger charge is 2.19. The molecule has 1 N–H and O–H groups in total. The van der Waals surface area contributed by atoms with Crippen LogP contribution in [-0.4, -0.2) is 11.6 Å². The third-order valence-corrected chi connectivity index (χ3v) is 3.47. The molecule has 1 atom stereocenters. The van der Waals surface area contributed by atoms with Crippen molar-refractivity contribution in [2.24, 2.45) is 5.92 Å². The summed E-state index contributed by atoms with van der Waals surface area (Å²) in [7, 11) is 0. The van der Waals surface area contributed by atoms with Crippen LogP contribution in [0.1, 0.15) is 12.5 Å². The molecule has 15 heavy (non-hydrogen) atoms. The fourth-order valence-corrected chi connectivity index (χ4v) is 2.58. The molecule has 0 radical (unpaired) electrons. The van der Waals surface area contributed by atoms with E-state index in [2.05, 4.69) is 22.9 Å². The Morgan fingerprint density at radius 3 is 3.33 bits per heavy atom. The van der Waals surface area contributed by atoms with Crippen molar-refractivity contribution >= 4 is 26.8 Å². The first-order valence-electron chi connectivity index (χ1n) is 5.56. The number of hydrogen-bond donors (Lipinski definition) is 1. The number of rotatable bonds is 0. The largest absolute Gasteiger partial charge is 0.491 e. The van der Waals surface area contributed by atoms with Crippen molar-refractivity contribution in [1.82, 2.24) is 4.98 Å². The predicted molar refractivity (Wildman–Crippen MR) is 64.4 cm³/mol. The van der Waals surface area contributed by atoms with Crippen LogP contribution in [0, 0.1) is 5.92 Å². The van der Waals surface area contributed by atoms with Gasteiger partial charge in [-0.25, -0.2) is 0 Å². The first-order chi connectivity index (χ1) is 7.66. The third kappa shape index (κ3) is 1.37. The SMILES string of the molecule is [3H]n1cc2c3c(c(Br)ccc31)OCC(C)C2. The predicted octanol–water partition coefficient (Wildman–Crippen LogP) is 3.50. The minimum atomic E-state index is 0.491. The van der Waals surface area contributed by atoms with E-state index in [4.69, 9.17) is 6.15 Å². The summed E-state index contributed by atoms with van der Waals surface area (Å²) in [5.74, 6) is 1.38. The van der Waals surface area contributed by atoms with E-state index in [1.807, 2.05) is 18.3 Å². The summed E-state index contributed by atoms with van der Waals surface area (Å²) < 4.78 is 14.7. The van der Waals surface area contributed by atoms with Gasteiger partial charge in [-0.05, 0) is 46.0 Å². The zero-order valence-corrected chi connectivity index (χ0v) is 10.0. The molecule has 1 aromatic heterocycles. The van der Waals surface area contributed by atoms with Gasteiger partial charge < -0.3 is 9.71 Å². The molecule has 3 heteroatoms. The Kier molecular flexibility index (Phi) is 1.79. The average Bonchev–Trinajstić information content (AvgIpc) is 2.43. The smallest absolute Gasteiger partial charge is 0.166 e. The Labute approximate surface area is 98.2 Å². The molecule has 0 spiro atoms. The first-order valence-corrected chi connectivity index (χ1v) is 5.90. The van der Waals surface area contributed by atoms with Crippen LogP contribution in [0.3, 0.4) is 0 Å². The van der Waals surface area contributed by atoms with Crippen molar-refractivity contribution in [3.05, 3.63) is 28.4 Å². The van der Waals surface area contributed by atoms with Crippen molar-refractivity contribution < 1.29 is 6.15 Å². The summed E-state index contributed by atoms with van der Waals surface area (Å²) >= 11 is 3.51. The summed E-state index contributed by atoms with van der Waals surface area (Å²) in [4.78, 5) is 1.43. The molecule has 0 saturated heterocycles. The first kappa shape index (κ1) is 8.22. The second kappa shape index (κ2) is 3.27. The Balaban J connectivity index is 2.38. The van der Waals surface area contributed by atoms with Crippen LogP contribution in [0.25, 0.3) is 10.9 Å². The summed E-state index contributed by atoms with van der Waals surface area (Å²) in [6.45, 7) is 2.91. The maximum absolute atomic E-state index is 7.87. The summed E-state index contributed by atoms with van der Waals surface area (Å²) in [6, 6.07) is 3.90. The number of nitrogens with one attached hydrogen (secondary N) is 1. The molecular formula is C12H12BrNO. The molecule has 1 unspecified atom stereocenters. The van der Waals surface area contributed by atoms with Crippen LogP contribution in [0.4, 0.5) is 0 Å². The number of H-pyrrole nitrogens is 1.